The van der Waals surface area contributed by atoms with Crippen LogP contribution in [0.15, 0.2) is 36.5 Å². The number of likely N-dealkylation sites (tertiary alicyclic amines) is 1. The number of nitrogens with zero attached hydrogens (tertiary/aromatic N) is 3. The van der Waals surface area contributed by atoms with Gasteiger partial charge in [0.1, 0.15) is 5.82 Å². The fraction of sp³-hybridized carbons (Fsp3) is 0.474. The van der Waals surface area contributed by atoms with E-state index in [9.17, 15) is 27.5 Å². The number of carbonyl (C=O) groups is 1. The summed E-state index contributed by atoms with van der Waals surface area (Å²) < 4.78 is 53.8. The third kappa shape index (κ3) is 3.63. The number of aromatic nitrogens is 2. The Kier molecular flexibility index (Phi) is 5.22. The normalized spacial score (nSPS) is 22.8. The molecule has 2 heterocycles. The Labute approximate surface area is 159 Å². The van der Waals surface area contributed by atoms with Gasteiger partial charge in [0.2, 0.25) is 5.60 Å². The highest BCUT2D eigenvalue weighted by Gasteiger charge is 2.57. The number of rotatable bonds is 3. The fourth-order valence-corrected chi connectivity index (χ4v) is 3.59. The minimum atomic E-state index is -5.04. The summed E-state index contributed by atoms with van der Waals surface area (Å²) in [6.07, 6.45) is -3.00. The van der Waals surface area contributed by atoms with Gasteiger partial charge in [-0.3, -0.25) is 4.79 Å². The van der Waals surface area contributed by atoms with Crippen molar-refractivity contribution < 1.29 is 27.5 Å². The van der Waals surface area contributed by atoms with Gasteiger partial charge in [0.05, 0.1) is 5.69 Å². The lowest BCUT2D eigenvalue weighted by Crippen LogP contribution is -2.58. The van der Waals surface area contributed by atoms with Gasteiger partial charge in [-0.1, -0.05) is 6.92 Å². The van der Waals surface area contributed by atoms with Crippen molar-refractivity contribution in [1.29, 1.82) is 0 Å². The molecule has 3 atom stereocenters. The molecule has 5 nitrogen and oxygen atoms in total. The van der Waals surface area contributed by atoms with Crippen LogP contribution in [0, 0.1) is 11.7 Å². The van der Waals surface area contributed by atoms with Gasteiger partial charge in [0, 0.05) is 30.9 Å². The second-order valence-electron chi connectivity index (χ2n) is 7.34. The summed E-state index contributed by atoms with van der Waals surface area (Å²) in [5, 5.41) is 13.9. The van der Waals surface area contributed by atoms with E-state index in [0.29, 0.717) is 19.0 Å². The number of benzene rings is 1. The first-order valence-electron chi connectivity index (χ1n) is 8.90. The van der Waals surface area contributed by atoms with Crippen molar-refractivity contribution in [3.05, 3.63) is 48.0 Å². The fourth-order valence-electron chi connectivity index (χ4n) is 3.59. The van der Waals surface area contributed by atoms with Crippen molar-refractivity contribution in [1.82, 2.24) is 14.7 Å². The zero-order valence-corrected chi connectivity index (χ0v) is 15.4. The maximum atomic E-state index is 13.2. The third-order valence-electron chi connectivity index (χ3n) is 5.28. The van der Waals surface area contributed by atoms with E-state index in [1.54, 1.807) is 23.0 Å². The van der Waals surface area contributed by atoms with E-state index in [1.165, 1.54) is 12.1 Å². The quantitative estimate of drug-likeness (QED) is 0.806. The number of piperidine rings is 1. The molecule has 0 aliphatic carbocycles. The van der Waals surface area contributed by atoms with Crippen LogP contribution < -0.4 is 0 Å². The molecule has 1 N–H and O–H groups in total. The molecule has 1 aromatic heterocycles. The average Bonchev–Trinajstić information content (AvgIpc) is 3.10. The van der Waals surface area contributed by atoms with Gasteiger partial charge in [-0.15, -0.1) is 0 Å². The number of amides is 1. The molecule has 0 spiro atoms. The SMILES string of the molecule is C[C@H]1CN(C(=O)[C@@](C)(O)C(F)(F)F)CC[C@H]1c1ccnn1-c1ccc(F)cc1. The zero-order chi connectivity index (χ0) is 20.7. The van der Waals surface area contributed by atoms with E-state index >= 15 is 0 Å². The van der Waals surface area contributed by atoms with Gasteiger partial charge >= 0.3 is 6.18 Å². The second-order valence-corrected chi connectivity index (χ2v) is 7.34. The van der Waals surface area contributed by atoms with Gasteiger partial charge < -0.3 is 10.0 Å². The van der Waals surface area contributed by atoms with Gasteiger partial charge in [0.15, 0.2) is 0 Å². The Morgan fingerprint density at radius 1 is 1.21 bits per heavy atom. The second kappa shape index (κ2) is 7.20. The van der Waals surface area contributed by atoms with Crippen LogP contribution in [0.25, 0.3) is 5.69 Å². The van der Waals surface area contributed by atoms with E-state index in [-0.39, 0.29) is 30.7 Å². The number of carbonyl (C=O) groups excluding carboxylic acids is 1. The van der Waals surface area contributed by atoms with Gasteiger partial charge in [-0.05, 0) is 49.6 Å². The highest BCUT2D eigenvalue weighted by Crippen LogP contribution is 2.37. The zero-order valence-electron chi connectivity index (χ0n) is 15.4. The van der Waals surface area contributed by atoms with E-state index in [0.717, 1.165) is 10.6 Å². The lowest BCUT2D eigenvalue weighted by atomic mass is 9.83. The molecule has 2 aromatic rings. The Morgan fingerprint density at radius 3 is 2.43 bits per heavy atom. The standard InChI is InChI=1S/C19H21F4N3O2/c1-12-11-25(17(27)18(2,28)19(21,22)23)10-8-15(12)16-7-9-24-26(16)14-5-3-13(20)4-6-14/h3-7,9,12,15,28H,8,10-11H2,1-2H3/t12-,15+,18+/m0/s1. The Morgan fingerprint density at radius 2 is 1.86 bits per heavy atom. The minimum Gasteiger partial charge on any atom is -0.373 e. The monoisotopic (exact) mass is 399 g/mol. The first kappa shape index (κ1) is 20.3. The van der Waals surface area contributed by atoms with Crippen molar-refractivity contribution in [2.75, 3.05) is 13.1 Å². The van der Waals surface area contributed by atoms with Crippen LogP contribution in [0.4, 0.5) is 17.6 Å². The van der Waals surface area contributed by atoms with Crippen molar-refractivity contribution in [2.24, 2.45) is 5.92 Å². The summed E-state index contributed by atoms with van der Waals surface area (Å²) in [4.78, 5) is 13.3. The van der Waals surface area contributed by atoms with E-state index < -0.39 is 17.7 Å². The number of hydrogen-bond acceptors (Lipinski definition) is 3. The predicted octanol–water partition coefficient (Wildman–Crippen LogP) is 3.28. The third-order valence-corrected chi connectivity index (χ3v) is 5.28. The molecule has 1 saturated heterocycles. The smallest absolute Gasteiger partial charge is 0.373 e. The molecule has 1 aromatic carbocycles. The van der Waals surface area contributed by atoms with Crippen LogP contribution in [0.3, 0.4) is 0 Å². The van der Waals surface area contributed by atoms with Crippen molar-refractivity contribution in [3.8, 4) is 5.69 Å². The molecule has 1 amide bonds. The number of halogens is 4. The number of aliphatic hydroxyl groups is 1. The Balaban J connectivity index is 1.78. The van der Waals surface area contributed by atoms with Crippen LogP contribution >= 0.6 is 0 Å². The molecule has 152 valence electrons. The molecule has 0 saturated carbocycles. The molecule has 3 rings (SSSR count). The van der Waals surface area contributed by atoms with Crippen LogP contribution in [0.5, 0.6) is 0 Å². The molecule has 9 heteroatoms. The molecule has 0 bridgehead atoms. The van der Waals surface area contributed by atoms with Gasteiger partial charge in [-0.25, -0.2) is 9.07 Å². The molecular formula is C19H21F4N3O2. The summed E-state index contributed by atoms with van der Waals surface area (Å²) in [7, 11) is 0. The summed E-state index contributed by atoms with van der Waals surface area (Å²) in [6.45, 7) is 2.50. The van der Waals surface area contributed by atoms with E-state index in [1.807, 2.05) is 13.0 Å². The number of hydrogen-bond donors (Lipinski definition) is 1. The lowest BCUT2D eigenvalue weighted by Gasteiger charge is -2.40. The minimum absolute atomic E-state index is 0.0487. The van der Waals surface area contributed by atoms with Crippen LogP contribution in [-0.4, -0.2) is 50.6 Å². The molecule has 1 aliphatic heterocycles. The molecule has 1 fully saturated rings. The summed E-state index contributed by atoms with van der Waals surface area (Å²) >= 11 is 0. The highest BCUT2D eigenvalue weighted by atomic mass is 19.4. The van der Waals surface area contributed by atoms with Crippen LogP contribution in [0.2, 0.25) is 0 Å². The van der Waals surface area contributed by atoms with Crippen molar-refractivity contribution in [2.45, 2.75) is 38.0 Å². The largest absolute Gasteiger partial charge is 0.426 e. The molecule has 0 unspecified atom stereocenters. The summed E-state index contributed by atoms with van der Waals surface area (Å²) in [5.41, 5.74) is -1.89. The molecule has 0 radical (unpaired) electrons. The Bertz CT molecular complexity index is 846. The van der Waals surface area contributed by atoms with Crippen LogP contribution in [-0.2, 0) is 4.79 Å². The number of alkyl halides is 3. The van der Waals surface area contributed by atoms with E-state index in [2.05, 4.69) is 5.10 Å². The first-order valence-corrected chi connectivity index (χ1v) is 8.90. The van der Waals surface area contributed by atoms with Crippen LogP contribution in [0.1, 0.15) is 31.9 Å². The van der Waals surface area contributed by atoms with Crippen molar-refractivity contribution in [3.63, 3.8) is 0 Å². The van der Waals surface area contributed by atoms with Gasteiger partial charge in [-0.2, -0.15) is 18.3 Å². The summed E-state index contributed by atoms with van der Waals surface area (Å²) in [6, 6.07) is 7.65. The first-order chi connectivity index (χ1) is 13.0. The lowest BCUT2D eigenvalue weighted by molar-refractivity contribution is -0.250. The highest BCUT2D eigenvalue weighted by molar-refractivity contribution is 5.85. The maximum absolute atomic E-state index is 13.2. The van der Waals surface area contributed by atoms with Gasteiger partial charge in [0.25, 0.3) is 5.91 Å². The topological polar surface area (TPSA) is 58.4 Å². The van der Waals surface area contributed by atoms with Crippen molar-refractivity contribution >= 4 is 5.91 Å². The average molecular weight is 399 g/mol. The molecular weight excluding hydrogens is 378 g/mol. The van der Waals surface area contributed by atoms with E-state index in [4.69, 9.17) is 0 Å². The maximum Gasteiger partial charge on any atom is 0.426 e. The Hall–Kier alpha value is -2.42. The predicted molar refractivity (Wildman–Crippen MR) is 93.3 cm³/mol. The molecule has 28 heavy (non-hydrogen) atoms. The molecule has 1 aliphatic rings. The summed E-state index contributed by atoms with van der Waals surface area (Å²) in [5.74, 6) is -1.91.